The molecule has 0 saturated heterocycles. The molecule has 0 unspecified atom stereocenters. The van der Waals surface area contributed by atoms with Crippen LogP contribution in [0, 0.1) is 0 Å². The van der Waals surface area contributed by atoms with E-state index in [0.29, 0.717) is 0 Å². The van der Waals surface area contributed by atoms with E-state index in [0.717, 1.165) is 6.42 Å². The Bertz CT molecular complexity index is 487. The van der Waals surface area contributed by atoms with Gasteiger partial charge < -0.3 is 0 Å². The zero-order valence-corrected chi connectivity index (χ0v) is 7.33. The third kappa shape index (κ3) is 1.15. The van der Waals surface area contributed by atoms with Crippen molar-refractivity contribution in [2.24, 2.45) is 0 Å². The highest BCUT2D eigenvalue weighted by atomic mass is 14.1. The van der Waals surface area contributed by atoms with Crippen LogP contribution in [0.3, 0.4) is 0 Å². The molecule has 1 aliphatic carbocycles. The minimum atomic E-state index is 0. The minimum Gasteiger partial charge on any atom is -0.0795 e. The van der Waals surface area contributed by atoms with Crippen LogP contribution in [0.1, 0.15) is 18.6 Å². The van der Waals surface area contributed by atoms with Gasteiger partial charge in [-0.1, -0.05) is 56.0 Å². The second-order valence-electron chi connectivity index (χ2n) is 3.47. The van der Waals surface area contributed by atoms with Gasteiger partial charge in [-0.15, -0.1) is 0 Å². The Hall–Kier alpha value is -1.56. The van der Waals surface area contributed by atoms with Crippen LogP contribution in [-0.4, -0.2) is 0 Å². The summed E-state index contributed by atoms with van der Waals surface area (Å²) in [6.45, 7) is 0. The Morgan fingerprint density at radius 3 is 2.57 bits per heavy atom. The molecular formula is C14H14. The third-order valence-electron chi connectivity index (χ3n) is 2.66. The Labute approximate surface area is 84.9 Å². The fourth-order valence-corrected chi connectivity index (χ4v) is 2.07. The predicted octanol–water partition coefficient (Wildman–Crippen LogP) is 4.05. The van der Waals surface area contributed by atoms with Crippen molar-refractivity contribution in [3.05, 3.63) is 53.6 Å². The second kappa shape index (κ2) is 3.30. The van der Waals surface area contributed by atoms with Crippen molar-refractivity contribution in [2.45, 2.75) is 13.8 Å². The molecule has 0 N–H and O–H groups in total. The molecule has 0 aromatic heterocycles. The lowest BCUT2D eigenvalue weighted by Crippen LogP contribution is -1.91. The molecule has 0 radical (unpaired) electrons. The van der Waals surface area contributed by atoms with E-state index in [1.807, 2.05) is 0 Å². The van der Waals surface area contributed by atoms with Crippen molar-refractivity contribution in [3.63, 3.8) is 0 Å². The van der Waals surface area contributed by atoms with Crippen molar-refractivity contribution >= 4 is 16.8 Å². The second-order valence-corrected chi connectivity index (χ2v) is 3.47. The first-order chi connectivity index (χ1) is 6.45. The molecule has 0 heteroatoms. The highest BCUT2D eigenvalue weighted by Crippen LogP contribution is 2.27. The number of rotatable bonds is 0. The van der Waals surface area contributed by atoms with E-state index in [2.05, 4.69) is 48.6 Å². The molecule has 3 rings (SSSR count). The third-order valence-corrected chi connectivity index (χ3v) is 2.66. The first-order valence-corrected chi connectivity index (χ1v) is 4.62. The van der Waals surface area contributed by atoms with Gasteiger partial charge >= 0.3 is 0 Å². The molecule has 1 aliphatic rings. The summed E-state index contributed by atoms with van der Waals surface area (Å²) in [6, 6.07) is 13.0. The summed E-state index contributed by atoms with van der Waals surface area (Å²) in [7, 11) is 0. The van der Waals surface area contributed by atoms with Gasteiger partial charge in [-0.3, -0.25) is 0 Å². The molecule has 2 aromatic rings. The predicted molar refractivity (Wildman–Crippen MR) is 63.4 cm³/mol. The fraction of sp³-hybridized carbons (Fsp3) is 0.143. The van der Waals surface area contributed by atoms with Crippen molar-refractivity contribution in [1.82, 2.24) is 0 Å². The van der Waals surface area contributed by atoms with Crippen molar-refractivity contribution < 1.29 is 0 Å². The SMILES string of the molecule is C.C1=Cc2cccc3cccc(c23)C1. The van der Waals surface area contributed by atoms with Crippen LogP contribution >= 0.6 is 0 Å². The van der Waals surface area contributed by atoms with Gasteiger partial charge in [-0.2, -0.15) is 0 Å². The first kappa shape index (κ1) is 9.01. The van der Waals surface area contributed by atoms with Gasteiger partial charge in [0.05, 0.1) is 0 Å². The van der Waals surface area contributed by atoms with Crippen LogP contribution in [0.25, 0.3) is 16.8 Å². The summed E-state index contributed by atoms with van der Waals surface area (Å²) in [5.41, 5.74) is 2.81. The number of allylic oxidation sites excluding steroid dienone is 1. The molecule has 0 heterocycles. The molecule has 70 valence electrons. The van der Waals surface area contributed by atoms with Crippen LogP contribution in [0.5, 0.6) is 0 Å². The van der Waals surface area contributed by atoms with E-state index in [9.17, 15) is 0 Å². The Kier molecular flexibility index (Phi) is 2.12. The topological polar surface area (TPSA) is 0 Å². The molecule has 0 amide bonds. The maximum Gasteiger partial charge on any atom is -0.00763 e. The standard InChI is InChI=1S/C13H10.CH4/c1-4-10-6-2-8-12-9-3-7-11(5-1)13(10)12;/h1-8H,9H2;1H4. The molecule has 2 aromatic carbocycles. The number of hydrogen-bond acceptors (Lipinski definition) is 0. The molecule has 0 atom stereocenters. The van der Waals surface area contributed by atoms with Gasteiger partial charge in [0, 0.05) is 0 Å². The van der Waals surface area contributed by atoms with Crippen molar-refractivity contribution in [1.29, 1.82) is 0 Å². The summed E-state index contributed by atoms with van der Waals surface area (Å²) in [4.78, 5) is 0. The van der Waals surface area contributed by atoms with Crippen LogP contribution in [0.15, 0.2) is 42.5 Å². The number of benzene rings is 2. The Morgan fingerprint density at radius 1 is 0.929 bits per heavy atom. The van der Waals surface area contributed by atoms with Crippen molar-refractivity contribution in [2.75, 3.05) is 0 Å². The average molecular weight is 182 g/mol. The van der Waals surface area contributed by atoms with Crippen molar-refractivity contribution in [3.8, 4) is 0 Å². The lowest BCUT2D eigenvalue weighted by molar-refractivity contribution is 1.29. The van der Waals surface area contributed by atoms with Gasteiger partial charge in [0.1, 0.15) is 0 Å². The van der Waals surface area contributed by atoms with Gasteiger partial charge in [0.25, 0.3) is 0 Å². The summed E-state index contributed by atoms with van der Waals surface area (Å²) in [5.74, 6) is 0. The minimum absolute atomic E-state index is 0. The lowest BCUT2D eigenvalue weighted by Gasteiger charge is -2.11. The zero-order valence-electron chi connectivity index (χ0n) is 7.33. The van der Waals surface area contributed by atoms with Gasteiger partial charge in [-0.25, -0.2) is 0 Å². The molecule has 0 fully saturated rings. The van der Waals surface area contributed by atoms with Gasteiger partial charge in [-0.05, 0) is 28.3 Å². The normalized spacial score (nSPS) is 12.6. The van der Waals surface area contributed by atoms with Crippen LogP contribution < -0.4 is 0 Å². The van der Waals surface area contributed by atoms with E-state index in [1.54, 1.807) is 0 Å². The largest absolute Gasteiger partial charge is 0.0795 e. The lowest BCUT2D eigenvalue weighted by atomic mass is 9.93. The van der Waals surface area contributed by atoms with Crippen LogP contribution in [0.4, 0.5) is 0 Å². The van der Waals surface area contributed by atoms with Gasteiger partial charge in [0.2, 0.25) is 0 Å². The highest BCUT2D eigenvalue weighted by Gasteiger charge is 2.06. The Balaban J connectivity index is 0.000000750. The molecule has 14 heavy (non-hydrogen) atoms. The fourth-order valence-electron chi connectivity index (χ4n) is 2.07. The van der Waals surface area contributed by atoms with E-state index in [1.165, 1.54) is 21.9 Å². The van der Waals surface area contributed by atoms with E-state index >= 15 is 0 Å². The summed E-state index contributed by atoms with van der Waals surface area (Å²) >= 11 is 0. The monoisotopic (exact) mass is 182 g/mol. The maximum atomic E-state index is 2.23. The average Bonchev–Trinajstić information content (AvgIpc) is 2.19. The molecule has 0 saturated carbocycles. The molecule has 0 aliphatic heterocycles. The van der Waals surface area contributed by atoms with Crippen LogP contribution in [0.2, 0.25) is 0 Å². The maximum absolute atomic E-state index is 2.23. The summed E-state index contributed by atoms with van der Waals surface area (Å²) in [6.07, 6.45) is 5.53. The molecule has 0 nitrogen and oxygen atoms in total. The Morgan fingerprint density at radius 2 is 1.71 bits per heavy atom. The number of hydrogen-bond donors (Lipinski definition) is 0. The van der Waals surface area contributed by atoms with Gasteiger partial charge in [0.15, 0.2) is 0 Å². The smallest absolute Gasteiger partial charge is 0.00763 e. The summed E-state index contributed by atoms with van der Waals surface area (Å²) < 4.78 is 0. The van der Waals surface area contributed by atoms with Crippen LogP contribution in [-0.2, 0) is 6.42 Å². The molecular weight excluding hydrogens is 168 g/mol. The molecule has 0 bridgehead atoms. The van der Waals surface area contributed by atoms with E-state index in [4.69, 9.17) is 0 Å². The molecule has 0 spiro atoms. The summed E-state index contributed by atoms with van der Waals surface area (Å²) in [5, 5.41) is 2.80. The quantitative estimate of drug-likeness (QED) is 0.576. The van der Waals surface area contributed by atoms with E-state index in [-0.39, 0.29) is 7.43 Å². The van der Waals surface area contributed by atoms with E-state index < -0.39 is 0 Å². The highest BCUT2D eigenvalue weighted by molar-refractivity contribution is 5.94. The first-order valence-electron chi connectivity index (χ1n) is 4.62. The zero-order chi connectivity index (χ0) is 8.67.